The molecule has 0 aliphatic carbocycles. The van der Waals surface area contributed by atoms with E-state index < -0.39 is 32.9 Å². The third-order valence-electron chi connectivity index (χ3n) is 4.80. The lowest BCUT2D eigenvalue weighted by Crippen LogP contribution is -2.14. The molecule has 1 atom stereocenters. The van der Waals surface area contributed by atoms with E-state index in [-0.39, 0.29) is 33.5 Å². The Kier molecular flexibility index (Phi) is 7.20. The van der Waals surface area contributed by atoms with Gasteiger partial charge in [0, 0.05) is 12.6 Å². The standard InChI is InChI=1S/C21H20F3N3O4S2/c1-3-33(30,31)16-10-8-14(9-11-16)17-18(15-6-4-13(5-7-15)12-32(28)29)26-20(21(22,23)24)27-19(17)25-2/h4-11H,3,12H2,1-2H3,(H,28,29)(H,25,26,27). The molecule has 0 spiro atoms. The zero-order valence-electron chi connectivity index (χ0n) is 17.5. The van der Waals surface area contributed by atoms with Crippen LogP contribution >= 0.6 is 0 Å². The van der Waals surface area contributed by atoms with Crippen LogP contribution in [0, 0.1) is 0 Å². The maximum Gasteiger partial charge on any atom is 0.451 e. The van der Waals surface area contributed by atoms with E-state index in [1.807, 2.05) is 0 Å². The fourth-order valence-electron chi connectivity index (χ4n) is 3.15. The minimum Gasteiger partial charge on any atom is -0.372 e. The molecule has 0 saturated carbocycles. The van der Waals surface area contributed by atoms with Crippen molar-refractivity contribution < 1.29 is 30.4 Å². The van der Waals surface area contributed by atoms with Crippen LogP contribution in [0.1, 0.15) is 18.3 Å². The van der Waals surface area contributed by atoms with Gasteiger partial charge in [-0.2, -0.15) is 13.2 Å². The van der Waals surface area contributed by atoms with Gasteiger partial charge in [0.1, 0.15) is 5.82 Å². The lowest BCUT2D eigenvalue weighted by atomic mass is 9.98. The normalized spacial score (nSPS) is 13.0. The lowest BCUT2D eigenvalue weighted by Gasteiger charge is -2.17. The summed E-state index contributed by atoms with van der Waals surface area (Å²) < 4.78 is 84.8. The Morgan fingerprint density at radius 3 is 2.06 bits per heavy atom. The fraction of sp³-hybridized carbons (Fsp3) is 0.238. The van der Waals surface area contributed by atoms with Crippen molar-refractivity contribution in [2.75, 3.05) is 18.1 Å². The number of hydrogen-bond donors (Lipinski definition) is 2. The predicted octanol–water partition coefficient (Wildman–Crippen LogP) is 4.39. The Hall–Kier alpha value is -2.83. The SMILES string of the molecule is CCS(=O)(=O)c1ccc(-c2c(NC)nc(C(F)(F)F)nc2-c2ccc(CS(=O)O)cc2)cc1. The van der Waals surface area contributed by atoms with Gasteiger partial charge in [-0.3, -0.25) is 0 Å². The Bertz CT molecular complexity index is 1280. The van der Waals surface area contributed by atoms with Crippen molar-refractivity contribution in [2.45, 2.75) is 23.7 Å². The van der Waals surface area contributed by atoms with Gasteiger partial charge in [0.15, 0.2) is 20.9 Å². The molecule has 176 valence electrons. The minimum atomic E-state index is -4.80. The quantitative estimate of drug-likeness (QED) is 0.464. The van der Waals surface area contributed by atoms with Crippen LogP contribution in [0.15, 0.2) is 53.4 Å². The first-order chi connectivity index (χ1) is 15.5. The first-order valence-corrected chi connectivity index (χ1v) is 12.6. The first kappa shape index (κ1) is 24.8. The Balaban J connectivity index is 2.23. The highest BCUT2D eigenvalue weighted by molar-refractivity contribution is 7.91. The molecule has 2 aromatic carbocycles. The number of aromatic nitrogens is 2. The van der Waals surface area contributed by atoms with E-state index in [0.29, 0.717) is 16.7 Å². The molecule has 3 rings (SSSR count). The van der Waals surface area contributed by atoms with Crippen LogP contribution in [-0.2, 0) is 32.8 Å². The first-order valence-electron chi connectivity index (χ1n) is 9.63. The summed E-state index contributed by atoms with van der Waals surface area (Å²) in [7, 11) is -2.03. The van der Waals surface area contributed by atoms with Gasteiger partial charge in [0.25, 0.3) is 0 Å². The number of anilines is 1. The highest BCUT2D eigenvalue weighted by Crippen LogP contribution is 2.39. The molecule has 2 N–H and O–H groups in total. The monoisotopic (exact) mass is 499 g/mol. The number of nitrogens with zero attached hydrogens (tertiary/aromatic N) is 2. The van der Waals surface area contributed by atoms with Crippen molar-refractivity contribution in [1.82, 2.24) is 9.97 Å². The molecule has 7 nitrogen and oxygen atoms in total. The number of benzene rings is 2. The third kappa shape index (κ3) is 5.57. The van der Waals surface area contributed by atoms with E-state index in [1.165, 1.54) is 62.5 Å². The van der Waals surface area contributed by atoms with Crippen LogP contribution < -0.4 is 5.32 Å². The molecule has 12 heteroatoms. The zero-order chi connectivity index (χ0) is 24.4. The number of rotatable bonds is 7. The molecule has 0 bridgehead atoms. The van der Waals surface area contributed by atoms with Crippen molar-refractivity contribution in [1.29, 1.82) is 0 Å². The summed E-state index contributed by atoms with van der Waals surface area (Å²) in [5.74, 6) is -1.64. The lowest BCUT2D eigenvalue weighted by molar-refractivity contribution is -0.144. The summed E-state index contributed by atoms with van der Waals surface area (Å²) in [6.45, 7) is 1.51. The molecule has 0 radical (unpaired) electrons. The number of alkyl halides is 3. The molecule has 0 saturated heterocycles. The highest BCUT2D eigenvalue weighted by atomic mass is 32.2. The van der Waals surface area contributed by atoms with Gasteiger partial charge in [0.2, 0.25) is 5.82 Å². The maximum atomic E-state index is 13.5. The van der Waals surface area contributed by atoms with Crippen molar-refractivity contribution in [3.63, 3.8) is 0 Å². The Morgan fingerprint density at radius 2 is 1.58 bits per heavy atom. The summed E-state index contributed by atoms with van der Waals surface area (Å²) in [6.07, 6.45) is -4.80. The van der Waals surface area contributed by atoms with Crippen LogP contribution in [-0.4, -0.2) is 39.9 Å². The second-order valence-electron chi connectivity index (χ2n) is 6.96. The predicted molar refractivity (Wildman–Crippen MR) is 120 cm³/mol. The summed E-state index contributed by atoms with van der Waals surface area (Å²) in [5, 5.41) is 2.67. The fourth-order valence-corrected chi connectivity index (χ4v) is 4.51. The van der Waals surface area contributed by atoms with Gasteiger partial charge in [0.05, 0.1) is 27.7 Å². The Labute approximate surface area is 191 Å². The van der Waals surface area contributed by atoms with Crippen LogP contribution in [0.3, 0.4) is 0 Å². The van der Waals surface area contributed by atoms with Crippen molar-refractivity contribution in [3.8, 4) is 22.4 Å². The number of sulfone groups is 1. The minimum absolute atomic E-state index is 0.0237. The van der Waals surface area contributed by atoms with Gasteiger partial charge in [-0.15, -0.1) is 0 Å². The van der Waals surface area contributed by atoms with E-state index in [9.17, 15) is 25.8 Å². The topological polar surface area (TPSA) is 109 Å². The molecule has 0 amide bonds. The third-order valence-corrected chi connectivity index (χ3v) is 7.13. The van der Waals surface area contributed by atoms with Crippen LogP contribution in [0.2, 0.25) is 0 Å². The largest absolute Gasteiger partial charge is 0.451 e. The molecule has 0 aliphatic rings. The summed E-state index contributed by atoms with van der Waals surface area (Å²) in [6, 6.07) is 11.8. The van der Waals surface area contributed by atoms with Crippen molar-refractivity contribution >= 4 is 26.7 Å². The molecular weight excluding hydrogens is 479 g/mol. The number of hydrogen-bond acceptors (Lipinski definition) is 6. The van der Waals surface area contributed by atoms with E-state index in [1.54, 1.807) is 0 Å². The smallest absolute Gasteiger partial charge is 0.372 e. The van der Waals surface area contributed by atoms with Crippen LogP contribution in [0.4, 0.5) is 19.0 Å². The molecule has 0 aliphatic heterocycles. The second-order valence-corrected chi connectivity index (χ2v) is 10.2. The molecule has 1 unspecified atom stereocenters. The molecular formula is C21H20F3N3O4S2. The number of nitrogens with one attached hydrogen (secondary N) is 1. The molecule has 3 aromatic rings. The second kappa shape index (κ2) is 9.57. The summed E-state index contributed by atoms with van der Waals surface area (Å²) >= 11 is -2.07. The van der Waals surface area contributed by atoms with Gasteiger partial charge in [-0.05, 0) is 23.3 Å². The van der Waals surface area contributed by atoms with Gasteiger partial charge < -0.3 is 9.87 Å². The highest BCUT2D eigenvalue weighted by Gasteiger charge is 2.36. The average Bonchev–Trinajstić information content (AvgIpc) is 2.77. The van der Waals surface area contributed by atoms with Crippen molar-refractivity contribution in [2.24, 2.45) is 0 Å². The van der Waals surface area contributed by atoms with E-state index >= 15 is 0 Å². The van der Waals surface area contributed by atoms with Crippen LogP contribution in [0.5, 0.6) is 0 Å². The number of halogens is 3. The maximum absolute atomic E-state index is 13.5. The zero-order valence-corrected chi connectivity index (χ0v) is 19.2. The van der Waals surface area contributed by atoms with Gasteiger partial charge in [-0.25, -0.2) is 22.6 Å². The van der Waals surface area contributed by atoms with Crippen LogP contribution in [0.25, 0.3) is 22.4 Å². The van der Waals surface area contributed by atoms with E-state index in [0.717, 1.165) is 0 Å². The summed E-state index contributed by atoms with van der Waals surface area (Å²) in [5.41, 5.74) is 1.49. The molecule has 1 aromatic heterocycles. The van der Waals surface area contributed by atoms with Gasteiger partial charge in [-0.1, -0.05) is 43.3 Å². The van der Waals surface area contributed by atoms with E-state index in [4.69, 9.17) is 4.55 Å². The summed E-state index contributed by atoms with van der Waals surface area (Å²) in [4.78, 5) is 7.50. The molecule has 0 fully saturated rings. The average molecular weight is 500 g/mol. The Morgan fingerprint density at radius 1 is 1.00 bits per heavy atom. The molecule has 1 heterocycles. The van der Waals surface area contributed by atoms with Crippen molar-refractivity contribution in [3.05, 3.63) is 59.9 Å². The molecule has 33 heavy (non-hydrogen) atoms. The van der Waals surface area contributed by atoms with Gasteiger partial charge >= 0.3 is 6.18 Å². The van der Waals surface area contributed by atoms with E-state index in [2.05, 4.69) is 15.3 Å².